The van der Waals surface area contributed by atoms with Crippen LogP contribution in [0.4, 0.5) is 4.39 Å². The van der Waals surface area contributed by atoms with Gasteiger partial charge in [0.2, 0.25) is 5.91 Å². The van der Waals surface area contributed by atoms with Crippen LogP contribution < -0.4 is 10.5 Å². The molecule has 0 aliphatic heterocycles. The van der Waals surface area contributed by atoms with Gasteiger partial charge in [0.05, 0.1) is 25.1 Å². The lowest BCUT2D eigenvalue weighted by atomic mass is 9.92. The van der Waals surface area contributed by atoms with Crippen molar-refractivity contribution in [1.29, 1.82) is 0 Å². The number of carbonyl (C=O) groups is 2. The normalized spacial score (nSPS) is 15.9. The molecular weight excluding hydrogens is 399 g/mol. The summed E-state index contributed by atoms with van der Waals surface area (Å²) in [5, 5.41) is 0.753. The highest BCUT2D eigenvalue weighted by Gasteiger charge is 2.31. The number of aromatic nitrogens is 1. The topological polar surface area (TPSA) is 83.6 Å². The summed E-state index contributed by atoms with van der Waals surface area (Å²) >= 11 is 0. The number of hydrogen-bond acceptors (Lipinski definition) is 4. The van der Waals surface area contributed by atoms with E-state index in [4.69, 9.17) is 10.5 Å². The molecule has 1 amide bonds. The van der Waals surface area contributed by atoms with Crippen molar-refractivity contribution in [3.8, 4) is 5.75 Å². The van der Waals surface area contributed by atoms with Gasteiger partial charge >= 0.3 is 5.97 Å². The second-order valence-electron chi connectivity index (χ2n) is 7.75. The minimum absolute atomic E-state index is 0.246. The Bertz CT molecular complexity index is 1140. The minimum Gasteiger partial charge on any atom is -0.481 e. The summed E-state index contributed by atoms with van der Waals surface area (Å²) in [7, 11) is 1.30. The van der Waals surface area contributed by atoms with E-state index in [1.807, 2.05) is 12.1 Å². The fourth-order valence-electron chi connectivity index (χ4n) is 4.46. The van der Waals surface area contributed by atoms with Crippen molar-refractivity contribution in [3.05, 3.63) is 65.1 Å². The highest BCUT2D eigenvalue weighted by Crippen LogP contribution is 2.42. The van der Waals surface area contributed by atoms with Crippen molar-refractivity contribution in [3.63, 3.8) is 0 Å². The molecule has 0 radical (unpaired) electrons. The quantitative estimate of drug-likeness (QED) is 0.483. The Morgan fingerprint density at radius 3 is 2.71 bits per heavy atom. The lowest BCUT2D eigenvalue weighted by molar-refractivity contribution is -0.142. The van der Waals surface area contributed by atoms with Gasteiger partial charge in [0.25, 0.3) is 0 Å². The number of carbonyl (C=O) groups excluding carboxylic acids is 2. The van der Waals surface area contributed by atoms with Gasteiger partial charge in [-0.3, -0.25) is 4.79 Å². The summed E-state index contributed by atoms with van der Waals surface area (Å²) in [4.78, 5) is 24.1. The van der Waals surface area contributed by atoms with Crippen LogP contribution in [0.2, 0.25) is 0 Å². The highest BCUT2D eigenvalue weighted by atomic mass is 19.1. The largest absolute Gasteiger partial charge is 0.481 e. The maximum Gasteiger partial charge on any atom is 0.343 e. The van der Waals surface area contributed by atoms with Crippen LogP contribution in [0.25, 0.3) is 10.9 Å². The molecule has 4 rings (SSSR count). The lowest BCUT2D eigenvalue weighted by Crippen LogP contribution is -2.22. The molecule has 0 fully saturated rings. The van der Waals surface area contributed by atoms with E-state index in [1.165, 1.54) is 13.2 Å². The van der Waals surface area contributed by atoms with Crippen LogP contribution in [0.3, 0.4) is 0 Å². The number of esters is 1. The first kappa shape index (κ1) is 20.9. The molecule has 3 aromatic rings. The first-order valence-corrected chi connectivity index (χ1v) is 10.4. The van der Waals surface area contributed by atoms with Crippen LogP contribution in [0, 0.1) is 5.82 Å². The van der Waals surface area contributed by atoms with E-state index in [0.717, 1.165) is 41.4 Å². The number of primary amides is 1. The molecule has 2 aromatic carbocycles. The molecule has 1 aliphatic rings. The van der Waals surface area contributed by atoms with Crippen molar-refractivity contribution >= 4 is 22.8 Å². The molecule has 31 heavy (non-hydrogen) atoms. The van der Waals surface area contributed by atoms with Crippen molar-refractivity contribution < 1.29 is 23.5 Å². The second kappa shape index (κ2) is 8.79. The molecule has 162 valence electrons. The standard InChI is InChI=1S/C24H25FN2O4/c1-30-21(28)14-31-20-12-6-11-19-23(20)22-16(24(26)29)8-3-5-10-18(22)27(19)13-15-7-2-4-9-17(15)25/h2,4,6-7,9,11-12,16H,3,5,8,10,13-14H2,1H3,(H2,26,29). The van der Waals surface area contributed by atoms with E-state index in [9.17, 15) is 14.0 Å². The fourth-order valence-corrected chi connectivity index (χ4v) is 4.46. The average molecular weight is 424 g/mol. The smallest absolute Gasteiger partial charge is 0.343 e. The van der Waals surface area contributed by atoms with Crippen molar-refractivity contribution in [2.24, 2.45) is 5.73 Å². The van der Waals surface area contributed by atoms with Gasteiger partial charge in [0, 0.05) is 16.6 Å². The molecule has 0 saturated heterocycles. The Morgan fingerprint density at radius 2 is 1.97 bits per heavy atom. The molecule has 0 bridgehead atoms. The summed E-state index contributed by atoms with van der Waals surface area (Å²) in [6, 6.07) is 12.2. The van der Waals surface area contributed by atoms with E-state index in [0.29, 0.717) is 24.3 Å². The lowest BCUT2D eigenvalue weighted by Gasteiger charge is -2.14. The summed E-state index contributed by atoms with van der Waals surface area (Å²) in [5.74, 6) is -1.16. The predicted molar refractivity (Wildman–Crippen MR) is 114 cm³/mol. The van der Waals surface area contributed by atoms with E-state index in [-0.39, 0.29) is 12.4 Å². The van der Waals surface area contributed by atoms with E-state index < -0.39 is 17.8 Å². The number of benzene rings is 2. The van der Waals surface area contributed by atoms with Gasteiger partial charge in [-0.15, -0.1) is 0 Å². The Hall–Kier alpha value is -3.35. The molecule has 6 nitrogen and oxygen atoms in total. The van der Waals surface area contributed by atoms with Crippen LogP contribution >= 0.6 is 0 Å². The van der Waals surface area contributed by atoms with Crippen LogP contribution in [0.1, 0.15) is 42.0 Å². The van der Waals surface area contributed by atoms with Gasteiger partial charge in [-0.25, -0.2) is 9.18 Å². The van der Waals surface area contributed by atoms with Gasteiger partial charge < -0.3 is 19.8 Å². The van der Waals surface area contributed by atoms with Gasteiger partial charge in [-0.05, 0) is 43.0 Å². The van der Waals surface area contributed by atoms with Crippen LogP contribution in [0.15, 0.2) is 42.5 Å². The zero-order valence-corrected chi connectivity index (χ0v) is 17.4. The van der Waals surface area contributed by atoms with Crippen molar-refractivity contribution in [1.82, 2.24) is 4.57 Å². The Kier molecular flexibility index (Phi) is 5.93. The number of ether oxygens (including phenoxy) is 2. The maximum atomic E-state index is 14.5. The van der Waals surface area contributed by atoms with Crippen molar-refractivity contribution in [2.45, 2.75) is 38.1 Å². The molecule has 2 N–H and O–H groups in total. The van der Waals surface area contributed by atoms with Gasteiger partial charge in [-0.1, -0.05) is 30.7 Å². The summed E-state index contributed by atoms with van der Waals surface area (Å²) in [5.41, 5.74) is 8.98. The molecule has 1 aliphatic carbocycles. The first-order chi connectivity index (χ1) is 15.0. The molecule has 1 unspecified atom stereocenters. The third-order valence-corrected chi connectivity index (χ3v) is 5.91. The fraction of sp³-hybridized carbons (Fsp3) is 0.333. The molecule has 1 atom stereocenters. The van der Waals surface area contributed by atoms with E-state index in [2.05, 4.69) is 9.30 Å². The van der Waals surface area contributed by atoms with Crippen LogP contribution in [-0.4, -0.2) is 30.2 Å². The molecule has 1 heterocycles. The average Bonchev–Trinajstić information content (AvgIpc) is 2.92. The summed E-state index contributed by atoms with van der Waals surface area (Å²) < 4.78 is 27.0. The number of rotatable bonds is 6. The number of methoxy groups -OCH3 is 1. The number of hydrogen-bond donors (Lipinski definition) is 1. The molecule has 0 saturated carbocycles. The van der Waals surface area contributed by atoms with Gasteiger partial charge in [0.15, 0.2) is 6.61 Å². The van der Waals surface area contributed by atoms with Gasteiger partial charge in [-0.2, -0.15) is 0 Å². The van der Waals surface area contributed by atoms with E-state index in [1.54, 1.807) is 24.3 Å². The maximum absolute atomic E-state index is 14.5. The monoisotopic (exact) mass is 424 g/mol. The third kappa shape index (κ3) is 4.00. The molecule has 0 spiro atoms. The minimum atomic E-state index is -0.500. The third-order valence-electron chi connectivity index (χ3n) is 5.91. The second-order valence-corrected chi connectivity index (χ2v) is 7.75. The molecule has 7 heteroatoms. The Labute approximate surface area is 179 Å². The number of amides is 1. The zero-order valence-electron chi connectivity index (χ0n) is 17.4. The number of fused-ring (bicyclic) bond motifs is 3. The number of nitrogens with zero attached hydrogens (tertiary/aromatic N) is 1. The Morgan fingerprint density at radius 1 is 1.16 bits per heavy atom. The first-order valence-electron chi connectivity index (χ1n) is 10.4. The van der Waals surface area contributed by atoms with Crippen LogP contribution in [-0.2, 0) is 27.3 Å². The zero-order chi connectivity index (χ0) is 22.0. The number of nitrogens with two attached hydrogens (primary N) is 1. The van der Waals surface area contributed by atoms with E-state index >= 15 is 0 Å². The summed E-state index contributed by atoms with van der Waals surface area (Å²) in [6.07, 6.45) is 3.17. The summed E-state index contributed by atoms with van der Waals surface area (Å²) in [6.45, 7) is 0.0779. The highest BCUT2D eigenvalue weighted by molar-refractivity contribution is 5.97. The molecule has 1 aromatic heterocycles. The molecular formula is C24H25FN2O4. The van der Waals surface area contributed by atoms with Crippen LogP contribution in [0.5, 0.6) is 5.75 Å². The Balaban J connectivity index is 1.93. The predicted octanol–water partition coefficient (Wildman–Crippen LogP) is 3.68. The van der Waals surface area contributed by atoms with Crippen molar-refractivity contribution in [2.75, 3.05) is 13.7 Å². The number of halogens is 1. The van der Waals surface area contributed by atoms with Gasteiger partial charge in [0.1, 0.15) is 11.6 Å². The SMILES string of the molecule is COC(=O)COc1cccc2c1c1c(n2Cc2ccccc2F)CCCCC1C(N)=O.